The SMILES string of the molecule is O=C(/C=C\c1ccc2c(c1)OCO2)Nc1nnc(-c2ccc(Cl)cc2Cl)s1. The molecule has 4 rings (SSSR count). The van der Waals surface area contributed by atoms with Gasteiger partial charge in [-0.15, -0.1) is 10.2 Å². The first-order valence-corrected chi connectivity index (χ1v) is 9.33. The third-order valence-electron chi connectivity index (χ3n) is 3.64. The van der Waals surface area contributed by atoms with Gasteiger partial charge in [0.15, 0.2) is 16.5 Å². The number of amides is 1. The fourth-order valence-electron chi connectivity index (χ4n) is 2.38. The number of aromatic nitrogens is 2. The van der Waals surface area contributed by atoms with Gasteiger partial charge in [0, 0.05) is 16.7 Å². The van der Waals surface area contributed by atoms with Crippen molar-refractivity contribution in [2.75, 3.05) is 12.1 Å². The number of nitrogens with zero attached hydrogens (tertiary/aromatic N) is 2. The van der Waals surface area contributed by atoms with E-state index in [9.17, 15) is 4.79 Å². The van der Waals surface area contributed by atoms with Crippen LogP contribution >= 0.6 is 34.5 Å². The molecule has 0 aliphatic carbocycles. The van der Waals surface area contributed by atoms with Crippen LogP contribution in [0.3, 0.4) is 0 Å². The molecule has 9 heteroatoms. The zero-order valence-electron chi connectivity index (χ0n) is 13.6. The summed E-state index contributed by atoms with van der Waals surface area (Å²) >= 11 is 13.3. The average Bonchev–Trinajstić information content (AvgIpc) is 3.29. The van der Waals surface area contributed by atoms with E-state index in [1.165, 1.54) is 17.4 Å². The molecule has 0 saturated carbocycles. The van der Waals surface area contributed by atoms with Crippen molar-refractivity contribution in [2.45, 2.75) is 0 Å². The Labute approximate surface area is 168 Å². The molecule has 2 aromatic carbocycles. The third kappa shape index (κ3) is 4.05. The second-order valence-corrected chi connectivity index (χ2v) is 7.29. The summed E-state index contributed by atoms with van der Waals surface area (Å²) in [6.45, 7) is 0.208. The van der Waals surface area contributed by atoms with Crippen molar-refractivity contribution in [3.8, 4) is 22.1 Å². The van der Waals surface area contributed by atoms with Crippen LogP contribution in [0.1, 0.15) is 5.56 Å². The Hall–Kier alpha value is -2.61. The maximum absolute atomic E-state index is 12.1. The van der Waals surface area contributed by atoms with Crippen molar-refractivity contribution in [3.05, 3.63) is 58.1 Å². The first-order valence-electron chi connectivity index (χ1n) is 7.76. The third-order valence-corrected chi connectivity index (χ3v) is 5.06. The molecular formula is C18H11Cl2N3O3S. The van der Waals surface area contributed by atoms with Crippen molar-refractivity contribution in [1.82, 2.24) is 10.2 Å². The number of halogens is 2. The Morgan fingerprint density at radius 2 is 1.96 bits per heavy atom. The van der Waals surface area contributed by atoms with E-state index in [1.54, 1.807) is 36.4 Å². The molecule has 0 spiro atoms. The summed E-state index contributed by atoms with van der Waals surface area (Å²) in [4.78, 5) is 12.1. The Kier molecular flexibility index (Phi) is 4.98. The number of rotatable bonds is 4. The lowest BCUT2D eigenvalue weighted by molar-refractivity contribution is -0.111. The van der Waals surface area contributed by atoms with E-state index in [-0.39, 0.29) is 12.7 Å². The van der Waals surface area contributed by atoms with Crippen molar-refractivity contribution in [3.63, 3.8) is 0 Å². The lowest BCUT2D eigenvalue weighted by Crippen LogP contribution is -2.07. The van der Waals surface area contributed by atoms with Gasteiger partial charge in [0.2, 0.25) is 17.8 Å². The highest BCUT2D eigenvalue weighted by Crippen LogP contribution is 2.34. The standard InChI is InChI=1S/C18H11Cl2N3O3S/c19-11-3-4-12(13(20)8-11)17-22-23-18(27-17)21-16(24)6-2-10-1-5-14-15(7-10)26-9-25-14/h1-8H,9H2,(H,21,23,24)/b6-2-. The topological polar surface area (TPSA) is 73.3 Å². The van der Waals surface area contributed by atoms with Crippen molar-refractivity contribution < 1.29 is 14.3 Å². The molecule has 1 N–H and O–H groups in total. The van der Waals surface area contributed by atoms with Crippen LogP contribution < -0.4 is 14.8 Å². The highest BCUT2D eigenvalue weighted by molar-refractivity contribution is 7.18. The molecule has 3 aromatic rings. The van der Waals surface area contributed by atoms with Gasteiger partial charge in [-0.3, -0.25) is 10.1 Å². The summed E-state index contributed by atoms with van der Waals surface area (Å²) in [5.41, 5.74) is 1.52. The van der Waals surface area contributed by atoms with Crippen LogP contribution in [0, 0.1) is 0 Å². The van der Waals surface area contributed by atoms with Crippen LogP contribution in [0.2, 0.25) is 10.0 Å². The van der Waals surface area contributed by atoms with E-state index < -0.39 is 0 Å². The molecule has 27 heavy (non-hydrogen) atoms. The number of benzene rings is 2. The predicted molar refractivity (Wildman–Crippen MR) is 106 cm³/mol. The maximum Gasteiger partial charge on any atom is 0.250 e. The number of fused-ring (bicyclic) bond motifs is 1. The Morgan fingerprint density at radius 1 is 1.11 bits per heavy atom. The minimum atomic E-state index is -0.322. The van der Waals surface area contributed by atoms with Gasteiger partial charge in [-0.25, -0.2) is 0 Å². The van der Waals surface area contributed by atoms with E-state index in [4.69, 9.17) is 32.7 Å². The molecule has 0 bridgehead atoms. The van der Waals surface area contributed by atoms with Gasteiger partial charge in [0.25, 0.3) is 0 Å². The molecule has 0 saturated heterocycles. The molecule has 2 heterocycles. The average molecular weight is 420 g/mol. The lowest BCUT2D eigenvalue weighted by Gasteiger charge is -1.99. The van der Waals surface area contributed by atoms with Crippen LogP contribution in [0.4, 0.5) is 5.13 Å². The van der Waals surface area contributed by atoms with Crippen molar-refractivity contribution >= 4 is 51.7 Å². The molecule has 0 radical (unpaired) electrons. The monoisotopic (exact) mass is 419 g/mol. The summed E-state index contributed by atoms with van der Waals surface area (Å²) in [5, 5.41) is 12.7. The van der Waals surface area contributed by atoms with Crippen LogP contribution in [0.25, 0.3) is 16.6 Å². The van der Waals surface area contributed by atoms with Gasteiger partial charge in [0.05, 0.1) is 5.02 Å². The molecular weight excluding hydrogens is 409 g/mol. The smallest absolute Gasteiger partial charge is 0.250 e. The summed E-state index contributed by atoms with van der Waals surface area (Å²) in [6, 6.07) is 10.5. The van der Waals surface area contributed by atoms with Gasteiger partial charge < -0.3 is 9.47 Å². The van der Waals surface area contributed by atoms with Gasteiger partial charge in [-0.05, 0) is 42.0 Å². The highest BCUT2D eigenvalue weighted by Gasteiger charge is 2.13. The fourth-order valence-corrected chi connectivity index (χ4v) is 3.72. The van der Waals surface area contributed by atoms with Crippen LogP contribution in [0.15, 0.2) is 42.5 Å². The van der Waals surface area contributed by atoms with Gasteiger partial charge in [-0.2, -0.15) is 0 Å². The maximum atomic E-state index is 12.1. The Bertz CT molecular complexity index is 1050. The van der Waals surface area contributed by atoms with Crippen LogP contribution in [-0.4, -0.2) is 22.9 Å². The summed E-state index contributed by atoms with van der Waals surface area (Å²) in [5.74, 6) is 1.03. The van der Waals surface area contributed by atoms with E-state index in [2.05, 4.69) is 15.5 Å². The zero-order valence-corrected chi connectivity index (χ0v) is 15.9. The second kappa shape index (κ2) is 7.56. The lowest BCUT2D eigenvalue weighted by atomic mass is 10.2. The largest absolute Gasteiger partial charge is 0.454 e. The Balaban J connectivity index is 1.43. The van der Waals surface area contributed by atoms with E-state index in [0.29, 0.717) is 37.2 Å². The fraction of sp³-hybridized carbons (Fsp3) is 0.0556. The van der Waals surface area contributed by atoms with Crippen molar-refractivity contribution in [2.24, 2.45) is 0 Å². The minimum absolute atomic E-state index is 0.208. The quantitative estimate of drug-likeness (QED) is 0.609. The molecule has 1 aromatic heterocycles. The number of hydrogen-bond donors (Lipinski definition) is 1. The van der Waals surface area contributed by atoms with E-state index in [0.717, 1.165) is 5.56 Å². The number of anilines is 1. The first-order chi connectivity index (χ1) is 13.1. The van der Waals surface area contributed by atoms with Gasteiger partial charge in [0.1, 0.15) is 0 Å². The molecule has 1 aliphatic rings. The van der Waals surface area contributed by atoms with Crippen LogP contribution in [-0.2, 0) is 4.79 Å². The molecule has 0 fully saturated rings. The number of ether oxygens (including phenoxy) is 2. The molecule has 6 nitrogen and oxygen atoms in total. The van der Waals surface area contributed by atoms with Crippen LogP contribution in [0.5, 0.6) is 11.5 Å². The molecule has 1 amide bonds. The second-order valence-electron chi connectivity index (χ2n) is 5.47. The molecule has 1 aliphatic heterocycles. The number of hydrogen-bond acceptors (Lipinski definition) is 6. The van der Waals surface area contributed by atoms with Gasteiger partial charge >= 0.3 is 0 Å². The molecule has 136 valence electrons. The summed E-state index contributed by atoms with van der Waals surface area (Å²) in [6.07, 6.45) is 3.09. The first kappa shape index (κ1) is 17.8. The number of carbonyl (C=O) groups excluding carboxylic acids is 1. The van der Waals surface area contributed by atoms with E-state index >= 15 is 0 Å². The normalized spacial score (nSPS) is 12.5. The highest BCUT2D eigenvalue weighted by atomic mass is 35.5. The summed E-state index contributed by atoms with van der Waals surface area (Å²) < 4.78 is 10.6. The zero-order chi connectivity index (χ0) is 18.8. The molecule has 0 unspecified atom stereocenters. The van der Waals surface area contributed by atoms with E-state index in [1.807, 2.05) is 6.07 Å². The van der Waals surface area contributed by atoms with Gasteiger partial charge in [-0.1, -0.05) is 40.6 Å². The number of nitrogens with one attached hydrogen (secondary N) is 1. The minimum Gasteiger partial charge on any atom is -0.454 e. The van der Waals surface area contributed by atoms with Crippen molar-refractivity contribution in [1.29, 1.82) is 0 Å². The number of carbonyl (C=O) groups is 1. The summed E-state index contributed by atoms with van der Waals surface area (Å²) in [7, 11) is 0. The predicted octanol–water partition coefficient (Wildman–Crippen LogP) is 4.89. The Morgan fingerprint density at radius 3 is 2.81 bits per heavy atom. The molecule has 0 atom stereocenters.